The lowest BCUT2D eigenvalue weighted by Gasteiger charge is -2.30. The first-order valence-electron chi connectivity index (χ1n) is 10.9. The summed E-state index contributed by atoms with van der Waals surface area (Å²) in [5.41, 5.74) is 7.47. The summed E-state index contributed by atoms with van der Waals surface area (Å²) < 4.78 is 0. The van der Waals surface area contributed by atoms with Gasteiger partial charge in [0.15, 0.2) is 0 Å². The summed E-state index contributed by atoms with van der Waals surface area (Å²) in [7, 11) is 0. The first kappa shape index (κ1) is 17.0. The third-order valence-corrected chi connectivity index (χ3v) is 8.40. The molecule has 1 aromatic rings. The van der Waals surface area contributed by atoms with Crippen LogP contribution in [-0.2, 0) is 0 Å². The molecule has 2 heterocycles. The van der Waals surface area contributed by atoms with Gasteiger partial charge in [-0.2, -0.15) is 0 Å². The molecule has 0 spiro atoms. The monoisotopic (exact) mass is 385 g/mol. The second-order valence-electron chi connectivity index (χ2n) is 8.66. The van der Waals surface area contributed by atoms with Crippen LogP contribution in [0.3, 0.4) is 0 Å². The summed E-state index contributed by atoms with van der Waals surface area (Å²) in [5, 5.41) is 3.27. The highest BCUT2D eigenvalue weighted by Gasteiger charge is 2.37. The molecule has 4 atom stereocenters. The highest BCUT2D eigenvalue weighted by Crippen LogP contribution is 2.51. The maximum Gasteiger partial charge on any atom is 0.0497 e. The van der Waals surface area contributed by atoms with Crippen LogP contribution < -0.4 is 4.90 Å². The summed E-state index contributed by atoms with van der Waals surface area (Å²) in [6, 6.07) is 9.04. The Labute approximate surface area is 172 Å². The lowest BCUT2D eigenvalue weighted by Crippen LogP contribution is -2.23. The number of thioether (sulfide) groups is 1. The van der Waals surface area contributed by atoms with Gasteiger partial charge in [-0.3, -0.25) is 0 Å². The van der Waals surface area contributed by atoms with Gasteiger partial charge in [0.1, 0.15) is 0 Å². The highest BCUT2D eigenvalue weighted by molar-refractivity contribution is 8.03. The van der Waals surface area contributed by atoms with Gasteiger partial charge in [0.05, 0.1) is 0 Å². The molecule has 1 nitrogen and oxygen atoms in total. The Morgan fingerprint density at radius 1 is 1.00 bits per heavy atom. The zero-order valence-electron chi connectivity index (χ0n) is 16.3. The molecule has 28 heavy (non-hydrogen) atoms. The Bertz CT molecular complexity index is 947. The number of allylic oxidation sites excluding steroid dienone is 8. The number of hydrogen-bond donors (Lipinski definition) is 0. The lowest BCUT2D eigenvalue weighted by molar-refractivity contribution is 0.576. The molecule has 142 valence electrons. The largest absolute Gasteiger partial charge is 0.314 e. The SMILES string of the molecule is C1=CC2C(C3C=CC(N4C5=CCCCC5c5ccccc54)=CC3)=CSC2CC1. The van der Waals surface area contributed by atoms with E-state index in [9.17, 15) is 0 Å². The number of fused-ring (bicyclic) bond motifs is 4. The highest BCUT2D eigenvalue weighted by atomic mass is 32.2. The molecule has 0 N–H and O–H groups in total. The maximum absolute atomic E-state index is 2.55. The molecular formula is C26H27NS. The van der Waals surface area contributed by atoms with Crippen molar-refractivity contribution in [1.82, 2.24) is 0 Å². The molecule has 0 saturated carbocycles. The minimum Gasteiger partial charge on any atom is -0.314 e. The Balaban J connectivity index is 1.28. The molecule has 0 amide bonds. The Kier molecular flexibility index (Phi) is 4.15. The smallest absolute Gasteiger partial charge is 0.0497 e. The molecule has 0 bridgehead atoms. The van der Waals surface area contributed by atoms with E-state index in [1.54, 1.807) is 5.57 Å². The van der Waals surface area contributed by atoms with Gasteiger partial charge < -0.3 is 4.90 Å². The summed E-state index contributed by atoms with van der Waals surface area (Å²) in [5.74, 6) is 1.84. The van der Waals surface area contributed by atoms with Crippen LogP contribution in [0, 0.1) is 11.8 Å². The van der Waals surface area contributed by atoms with Gasteiger partial charge in [0.2, 0.25) is 0 Å². The number of rotatable bonds is 2. The number of hydrogen-bond acceptors (Lipinski definition) is 2. The molecule has 0 radical (unpaired) electrons. The van der Waals surface area contributed by atoms with Gasteiger partial charge >= 0.3 is 0 Å². The van der Waals surface area contributed by atoms with Crippen LogP contribution in [0.4, 0.5) is 5.69 Å². The van der Waals surface area contributed by atoms with Crippen LogP contribution >= 0.6 is 11.8 Å². The van der Waals surface area contributed by atoms with Crippen molar-refractivity contribution in [1.29, 1.82) is 0 Å². The average Bonchev–Trinajstić information content (AvgIpc) is 3.33. The van der Waals surface area contributed by atoms with E-state index in [0.717, 1.165) is 11.7 Å². The second-order valence-corrected chi connectivity index (χ2v) is 9.77. The predicted molar refractivity (Wildman–Crippen MR) is 120 cm³/mol. The lowest BCUT2D eigenvalue weighted by atomic mass is 9.80. The van der Waals surface area contributed by atoms with Crippen molar-refractivity contribution in [2.24, 2.45) is 11.8 Å². The van der Waals surface area contributed by atoms with Crippen molar-refractivity contribution >= 4 is 17.4 Å². The van der Waals surface area contributed by atoms with Gasteiger partial charge in [0.25, 0.3) is 0 Å². The number of anilines is 1. The van der Waals surface area contributed by atoms with Gasteiger partial charge in [0, 0.05) is 40.1 Å². The fourth-order valence-electron chi connectivity index (χ4n) is 5.72. The van der Waals surface area contributed by atoms with Crippen molar-refractivity contribution in [3.05, 3.63) is 88.7 Å². The van der Waals surface area contributed by atoms with Crippen molar-refractivity contribution in [3.63, 3.8) is 0 Å². The average molecular weight is 386 g/mol. The van der Waals surface area contributed by atoms with Gasteiger partial charge in [-0.25, -0.2) is 0 Å². The zero-order valence-corrected chi connectivity index (χ0v) is 17.1. The topological polar surface area (TPSA) is 3.24 Å². The van der Waals surface area contributed by atoms with Crippen molar-refractivity contribution in [2.45, 2.75) is 49.7 Å². The van der Waals surface area contributed by atoms with Crippen molar-refractivity contribution < 1.29 is 0 Å². The molecule has 3 aliphatic carbocycles. The van der Waals surface area contributed by atoms with Crippen molar-refractivity contribution in [2.75, 3.05) is 4.90 Å². The number of nitrogens with zero attached hydrogens (tertiary/aromatic N) is 1. The number of benzene rings is 1. The summed E-state index contributed by atoms with van der Waals surface area (Å²) in [6.07, 6.45) is 22.3. The molecule has 6 rings (SSSR count). The molecule has 1 aromatic carbocycles. The Hall–Kier alpha value is -1.93. The van der Waals surface area contributed by atoms with E-state index in [-0.39, 0.29) is 0 Å². The van der Waals surface area contributed by atoms with E-state index in [0.29, 0.717) is 17.8 Å². The van der Waals surface area contributed by atoms with Crippen LogP contribution in [0.15, 0.2) is 83.1 Å². The Morgan fingerprint density at radius 2 is 1.96 bits per heavy atom. The van der Waals surface area contributed by atoms with Gasteiger partial charge in [-0.1, -0.05) is 48.6 Å². The third-order valence-electron chi connectivity index (χ3n) is 7.11. The van der Waals surface area contributed by atoms with Crippen LogP contribution in [0.1, 0.15) is 50.0 Å². The summed E-state index contributed by atoms with van der Waals surface area (Å²) in [6.45, 7) is 0. The zero-order chi connectivity index (χ0) is 18.5. The first-order valence-corrected chi connectivity index (χ1v) is 11.8. The molecule has 2 aliphatic heterocycles. The predicted octanol–water partition coefficient (Wildman–Crippen LogP) is 7.08. The van der Waals surface area contributed by atoms with E-state index in [4.69, 9.17) is 0 Å². The second kappa shape index (κ2) is 6.84. The van der Waals surface area contributed by atoms with Gasteiger partial charge in [-0.05, 0) is 67.2 Å². The molecule has 4 unspecified atom stereocenters. The summed E-state index contributed by atoms with van der Waals surface area (Å²) in [4.78, 5) is 2.55. The van der Waals surface area contributed by atoms with E-state index >= 15 is 0 Å². The number of para-hydroxylation sites is 1. The quantitative estimate of drug-likeness (QED) is 0.500. The van der Waals surface area contributed by atoms with Crippen LogP contribution in [0.5, 0.6) is 0 Å². The molecule has 0 saturated heterocycles. The van der Waals surface area contributed by atoms with E-state index < -0.39 is 0 Å². The van der Waals surface area contributed by atoms with E-state index in [1.807, 2.05) is 0 Å². The van der Waals surface area contributed by atoms with E-state index in [1.165, 1.54) is 54.7 Å². The molecule has 5 aliphatic rings. The molecule has 0 fully saturated rings. The third kappa shape index (κ3) is 2.61. The molecular weight excluding hydrogens is 358 g/mol. The van der Waals surface area contributed by atoms with Crippen LogP contribution in [0.2, 0.25) is 0 Å². The minimum absolute atomic E-state index is 0.572. The van der Waals surface area contributed by atoms with Crippen LogP contribution in [-0.4, -0.2) is 5.25 Å². The standard InChI is InChI=1S/C26H27NS/c1-4-10-24-20(7-1)21-8-2-5-11-25(21)27(24)19-15-13-18(14-16-19)23-17-28-26-12-6-3-9-22(23)26/h1,3-4,7,9-11,13,15-18,21-22,26H,2,5-6,8,12,14H2. The fourth-order valence-corrected chi connectivity index (χ4v) is 7.08. The molecule has 2 heteroatoms. The minimum atomic E-state index is 0.572. The van der Waals surface area contributed by atoms with Gasteiger partial charge in [-0.15, -0.1) is 11.8 Å². The van der Waals surface area contributed by atoms with E-state index in [2.05, 4.69) is 82.8 Å². The molecule has 0 aromatic heterocycles. The maximum atomic E-state index is 2.55. The van der Waals surface area contributed by atoms with Crippen molar-refractivity contribution in [3.8, 4) is 0 Å². The normalized spacial score (nSPS) is 33.0. The van der Waals surface area contributed by atoms with Crippen LogP contribution in [0.25, 0.3) is 0 Å². The Morgan fingerprint density at radius 3 is 2.89 bits per heavy atom. The first-order chi connectivity index (χ1) is 13.9. The fraction of sp³-hybridized carbons (Fsp3) is 0.385. The summed E-state index contributed by atoms with van der Waals surface area (Å²) >= 11 is 2.07.